The number of carbonyl (C=O) groups is 2. The second-order valence-corrected chi connectivity index (χ2v) is 8.42. The number of carbonyl (C=O) groups excluding carboxylic acids is 2. The predicted octanol–water partition coefficient (Wildman–Crippen LogP) is 4.17. The minimum atomic E-state index is -0.342. The Morgan fingerprint density at radius 2 is 1.97 bits per heavy atom. The Morgan fingerprint density at radius 1 is 1.13 bits per heavy atom. The van der Waals surface area contributed by atoms with E-state index in [0.29, 0.717) is 16.4 Å². The molecule has 2 aromatic heterocycles. The summed E-state index contributed by atoms with van der Waals surface area (Å²) < 4.78 is 10.5. The number of rotatable bonds is 8. The zero-order valence-electron chi connectivity index (χ0n) is 17.3. The molecule has 3 aromatic rings. The van der Waals surface area contributed by atoms with Crippen LogP contribution in [0.15, 0.2) is 59.2 Å². The highest BCUT2D eigenvalue weighted by Crippen LogP contribution is 2.28. The zero-order valence-corrected chi connectivity index (χ0v) is 18.1. The lowest BCUT2D eigenvalue weighted by Gasteiger charge is -2.28. The highest BCUT2D eigenvalue weighted by Gasteiger charge is 2.25. The van der Waals surface area contributed by atoms with E-state index in [4.69, 9.17) is 9.15 Å². The predicted molar refractivity (Wildman–Crippen MR) is 120 cm³/mol. The van der Waals surface area contributed by atoms with Crippen molar-refractivity contribution in [1.29, 1.82) is 0 Å². The highest BCUT2D eigenvalue weighted by molar-refractivity contribution is 7.18. The van der Waals surface area contributed by atoms with Crippen LogP contribution in [0.2, 0.25) is 0 Å². The monoisotopic (exact) mass is 439 g/mol. The van der Waals surface area contributed by atoms with Crippen LogP contribution in [0.25, 0.3) is 0 Å². The number of benzene rings is 1. The zero-order chi connectivity index (χ0) is 21.6. The summed E-state index contributed by atoms with van der Waals surface area (Å²) >= 11 is 1.23. The van der Waals surface area contributed by atoms with Gasteiger partial charge in [0.25, 0.3) is 11.8 Å². The van der Waals surface area contributed by atoms with E-state index in [-0.39, 0.29) is 23.6 Å². The van der Waals surface area contributed by atoms with Crippen molar-refractivity contribution in [2.24, 2.45) is 0 Å². The first-order valence-electron chi connectivity index (χ1n) is 10.2. The lowest BCUT2D eigenvalue weighted by atomic mass is 10.0. The normalized spacial score (nSPS) is 14.9. The molecule has 1 saturated heterocycles. The molecule has 3 heterocycles. The van der Waals surface area contributed by atoms with Gasteiger partial charge in [-0.2, -0.15) is 0 Å². The maximum atomic E-state index is 12.8. The number of amides is 2. The number of nitrogens with one attached hydrogen (secondary N) is 2. The average Bonchev–Trinajstić information content (AvgIpc) is 3.56. The van der Waals surface area contributed by atoms with Crippen molar-refractivity contribution < 1.29 is 18.7 Å². The highest BCUT2D eigenvalue weighted by atomic mass is 32.1. The number of hydrogen-bond acceptors (Lipinski definition) is 6. The molecule has 1 fully saturated rings. The Balaban J connectivity index is 1.41. The molecule has 0 saturated carbocycles. The quantitative estimate of drug-likeness (QED) is 0.550. The van der Waals surface area contributed by atoms with Crippen LogP contribution < -0.4 is 15.4 Å². The SMILES string of the molecule is COc1cccc(C(CNC(=O)c2ccc(NC(=O)c3ccco3)s2)N2CCCC2)c1. The van der Waals surface area contributed by atoms with E-state index < -0.39 is 0 Å². The number of nitrogens with zero attached hydrogens (tertiary/aromatic N) is 1. The average molecular weight is 440 g/mol. The first-order chi connectivity index (χ1) is 15.1. The molecular formula is C23H25N3O4S. The maximum absolute atomic E-state index is 12.8. The Kier molecular flexibility index (Phi) is 6.69. The van der Waals surface area contributed by atoms with E-state index >= 15 is 0 Å². The van der Waals surface area contributed by atoms with E-state index in [2.05, 4.69) is 21.6 Å². The maximum Gasteiger partial charge on any atom is 0.291 e. The Hall–Kier alpha value is -3.10. The van der Waals surface area contributed by atoms with Gasteiger partial charge in [-0.05, 0) is 67.9 Å². The molecule has 1 unspecified atom stereocenters. The van der Waals surface area contributed by atoms with Gasteiger partial charge in [-0.25, -0.2) is 0 Å². The fourth-order valence-corrected chi connectivity index (χ4v) is 4.56. The summed E-state index contributed by atoms with van der Waals surface area (Å²) in [5, 5.41) is 6.41. The minimum Gasteiger partial charge on any atom is -0.497 e. The molecule has 0 aliphatic carbocycles. The van der Waals surface area contributed by atoms with E-state index in [1.807, 2.05) is 18.2 Å². The summed E-state index contributed by atoms with van der Waals surface area (Å²) in [5.41, 5.74) is 1.12. The van der Waals surface area contributed by atoms with Crippen LogP contribution in [0, 0.1) is 0 Å². The van der Waals surface area contributed by atoms with Crippen LogP contribution in [0.3, 0.4) is 0 Å². The molecule has 1 atom stereocenters. The molecule has 0 spiro atoms. The van der Waals surface area contributed by atoms with Gasteiger partial charge in [0.1, 0.15) is 5.75 Å². The number of hydrogen-bond donors (Lipinski definition) is 2. The summed E-state index contributed by atoms with van der Waals surface area (Å²) in [6.07, 6.45) is 3.78. The molecule has 0 bridgehead atoms. The lowest BCUT2D eigenvalue weighted by Crippen LogP contribution is -2.36. The van der Waals surface area contributed by atoms with Crippen LogP contribution in [-0.4, -0.2) is 43.5 Å². The molecule has 4 rings (SSSR count). The minimum absolute atomic E-state index is 0.0830. The molecular weight excluding hydrogens is 414 g/mol. The van der Waals surface area contributed by atoms with Gasteiger partial charge in [-0.1, -0.05) is 12.1 Å². The van der Waals surface area contributed by atoms with Gasteiger partial charge in [-0.15, -0.1) is 11.3 Å². The molecule has 31 heavy (non-hydrogen) atoms. The number of methoxy groups -OCH3 is 1. The van der Waals surface area contributed by atoms with Gasteiger partial charge in [0.15, 0.2) is 5.76 Å². The number of ether oxygens (including phenoxy) is 1. The van der Waals surface area contributed by atoms with Crippen molar-refractivity contribution in [2.75, 3.05) is 32.1 Å². The topological polar surface area (TPSA) is 83.8 Å². The van der Waals surface area contributed by atoms with Crippen molar-refractivity contribution in [3.63, 3.8) is 0 Å². The van der Waals surface area contributed by atoms with Crippen molar-refractivity contribution in [2.45, 2.75) is 18.9 Å². The fraction of sp³-hybridized carbons (Fsp3) is 0.304. The standard InChI is InChI=1S/C23H25N3O4S/c1-29-17-7-4-6-16(14-17)18(26-11-2-3-12-26)15-24-23(28)20-9-10-21(31-20)25-22(27)19-8-5-13-30-19/h4-10,13-14,18H,2-3,11-12,15H2,1H3,(H,24,28)(H,25,27). The number of furan rings is 1. The third-order valence-electron chi connectivity index (χ3n) is 5.33. The first kappa shape index (κ1) is 21.1. The Labute approximate surface area is 185 Å². The van der Waals surface area contributed by atoms with Gasteiger partial charge >= 0.3 is 0 Å². The third-order valence-corrected chi connectivity index (χ3v) is 6.33. The Bertz CT molecular complexity index is 1030. The first-order valence-corrected chi connectivity index (χ1v) is 11.1. The molecule has 1 aliphatic heterocycles. The van der Waals surface area contributed by atoms with Gasteiger partial charge in [0, 0.05) is 6.54 Å². The van der Waals surface area contributed by atoms with Gasteiger partial charge in [-0.3, -0.25) is 14.5 Å². The van der Waals surface area contributed by atoms with Crippen LogP contribution in [-0.2, 0) is 0 Å². The van der Waals surface area contributed by atoms with E-state index in [1.54, 1.807) is 31.4 Å². The largest absolute Gasteiger partial charge is 0.497 e. The second-order valence-electron chi connectivity index (χ2n) is 7.34. The number of anilines is 1. The molecule has 7 nitrogen and oxygen atoms in total. The lowest BCUT2D eigenvalue weighted by molar-refractivity contribution is 0.0941. The van der Waals surface area contributed by atoms with Crippen molar-refractivity contribution in [3.8, 4) is 5.75 Å². The molecule has 2 N–H and O–H groups in total. The second kappa shape index (κ2) is 9.80. The number of likely N-dealkylation sites (tertiary alicyclic amines) is 1. The van der Waals surface area contributed by atoms with Crippen molar-refractivity contribution in [3.05, 3.63) is 71.0 Å². The molecule has 0 radical (unpaired) electrons. The van der Waals surface area contributed by atoms with Gasteiger partial charge in [0.2, 0.25) is 0 Å². The molecule has 162 valence electrons. The van der Waals surface area contributed by atoms with E-state index in [9.17, 15) is 9.59 Å². The third kappa shape index (κ3) is 5.15. The summed E-state index contributed by atoms with van der Waals surface area (Å²) in [6.45, 7) is 2.53. The molecule has 1 aliphatic rings. The summed E-state index contributed by atoms with van der Waals surface area (Å²) in [7, 11) is 1.66. The summed E-state index contributed by atoms with van der Waals surface area (Å²) in [6, 6.07) is 14.8. The van der Waals surface area contributed by atoms with Crippen LogP contribution in [0.5, 0.6) is 5.75 Å². The van der Waals surface area contributed by atoms with Crippen molar-refractivity contribution in [1.82, 2.24) is 10.2 Å². The van der Waals surface area contributed by atoms with Gasteiger partial charge in [0.05, 0.1) is 29.3 Å². The molecule has 8 heteroatoms. The molecule has 2 amide bonds. The van der Waals surface area contributed by atoms with Crippen LogP contribution >= 0.6 is 11.3 Å². The summed E-state index contributed by atoms with van der Waals surface area (Å²) in [4.78, 5) is 27.8. The van der Waals surface area contributed by atoms with Crippen LogP contribution in [0.1, 0.15) is 44.7 Å². The fourth-order valence-electron chi connectivity index (χ4n) is 3.74. The Morgan fingerprint density at radius 3 is 2.71 bits per heavy atom. The summed E-state index contributed by atoms with van der Waals surface area (Å²) in [5.74, 6) is 0.538. The van der Waals surface area contributed by atoms with Crippen molar-refractivity contribution >= 4 is 28.2 Å². The van der Waals surface area contributed by atoms with Crippen LogP contribution in [0.4, 0.5) is 5.00 Å². The van der Waals surface area contributed by atoms with E-state index in [1.165, 1.54) is 17.6 Å². The molecule has 1 aromatic carbocycles. The number of thiophene rings is 1. The smallest absolute Gasteiger partial charge is 0.291 e. The van der Waals surface area contributed by atoms with Gasteiger partial charge < -0.3 is 19.8 Å². The van der Waals surface area contributed by atoms with E-state index in [0.717, 1.165) is 37.2 Å².